The SMILES string of the molecule is COc1ccc2c(c1)cc(CCl)c(=O)n2CC(C)C. The van der Waals surface area contributed by atoms with Gasteiger partial charge in [0.2, 0.25) is 0 Å². The largest absolute Gasteiger partial charge is 0.497 e. The van der Waals surface area contributed by atoms with E-state index in [-0.39, 0.29) is 11.4 Å². The average Bonchev–Trinajstić information content (AvgIpc) is 2.40. The molecule has 0 bridgehead atoms. The summed E-state index contributed by atoms with van der Waals surface area (Å²) in [4.78, 5) is 12.4. The van der Waals surface area contributed by atoms with Gasteiger partial charge in [-0.05, 0) is 30.2 Å². The van der Waals surface area contributed by atoms with Crippen molar-refractivity contribution >= 4 is 22.5 Å². The number of benzene rings is 1. The maximum absolute atomic E-state index is 12.4. The van der Waals surface area contributed by atoms with E-state index in [0.29, 0.717) is 18.0 Å². The number of pyridine rings is 1. The average molecular weight is 280 g/mol. The molecule has 0 atom stereocenters. The van der Waals surface area contributed by atoms with Gasteiger partial charge in [-0.3, -0.25) is 4.79 Å². The lowest BCUT2D eigenvalue weighted by Gasteiger charge is -2.14. The molecule has 0 fully saturated rings. The summed E-state index contributed by atoms with van der Waals surface area (Å²) in [6.45, 7) is 4.87. The lowest BCUT2D eigenvalue weighted by atomic mass is 10.1. The fraction of sp³-hybridized carbons (Fsp3) is 0.400. The third-order valence-electron chi connectivity index (χ3n) is 3.07. The van der Waals surface area contributed by atoms with Gasteiger partial charge in [-0.25, -0.2) is 0 Å². The second-order valence-electron chi connectivity index (χ2n) is 5.04. The van der Waals surface area contributed by atoms with Crippen molar-refractivity contribution in [3.63, 3.8) is 0 Å². The normalized spacial score (nSPS) is 11.2. The van der Waals surface area contributed by atoms with E-state index in [1.54, 1.807) is 11.7 Å². The van der Waals surface area contributed by atoms with E-state index in [2.05, 4.69) is 13.8 Å². The van der Waals surface area contributed by atoms with Crippen LogP contribution in [-0.2, 0) is 12.4 Å². The minimum atomic E-state index is 0.00127. The monoisotopic (exact) mass is 279 g/mol. The fourth-order valence-corrected chi connectivity index (χ4v) is 2.39. The van der Waals surface area contributed by atoms with Crippen LogP contribution < -0.4 is 10.3 Å². The zero-order valence-corrected chi connectivity index (χ0v) is 12.2. The highest BCUT2D eigenvalue weighted by Gasteiger charge is 2.10. The summed E-state index contributed by atoms with van der Waals surface area (Å²) in [7, 11) is 1.63. The van der Waals surface area contributed by atoms with Gasteiger partial charge in [0.05, 0.1) is 18.5 Å². The van der Waals surface area contributed by atoms with E-state index < -0.39 is 0 Å². The Balaban J connectivity index is 2.74. The number of alkyl halides is 1. The number of nitrogens with zero attached hydrogens (tertiary/aromatic N) is 1. The summed E-state index contributed by atoms with van der Waals surface area (Å²) in [6, 6.07) is 7.58. The Morgan fingerprint density at radius 2 is 2.05 bits per heavy atom. The van der Waals surface area contributed by atoms with Crippen molar-refractivity contribution in [1.29, 1.82) is 0 Å². The van der Waals surface area contributed by atoms with Gasteiger partial charge in [0.1, 0.15) is 5.75 Å². The van der Waals surface area contributed by atoms with Crippen LogP contribution in [0.2, 0.25) is 0 Å². The van der Waals surface area contributed by atoms with Crippen LogP contribution in [0.15, 0.2) is 29.1 Å². The number of fused-ring (bicyclic) bond motifs is 1. The Labute approximate surface area is 117 Å². The van der Waals surface area contributed by atoms with Crippen molar-refractivity contribution in [2.75, 3.05) is 7.11 Å². The highest BCUT2D eigenvalue weighted by atomic mass is 35.5. The standard InChI is InChI=1S/C15H18ClNO2/c1-10(2)9-17-14-5-4-13(19-3)7-11(14)6-12(8-16)15(17)18/h4-7,10H,8-9H2,1-3H3. The molecule has 0 aliphatic heterocycles. The van der Waals surface area contributed by atoms with Crippen LogP contribution >= 0.6 is 11.6 Å². The number of methoxy groups -OCH3 is 1. The van der Waals surface area contributed by atoms with Crippen LogP contribution in [0, 0.1) is 5.92 Å². The predicted octanol–water partition coefficient (Wildman–Crippen LogP) is 3.40. The first-order valence-electron chi connectivity index (χ1n) is 6.33. The Hall–Kier alpha value is -1.48. The maximum atomic E-state index is 12.4. The van der Waals surface area contributed by atoms with Crippen LogP contribution in [-0.4, -0.2) is 11.7 Å². The molecular formula is C15H18ClNO2. The Bertz CT molecular complexity index is 646. The molecule has 0 saturated carbocycles. The van der Waals surface area contributed by atoms with Gasteiger partial charge in [-0.2, -0.15) is 0 Å². The molecule has 0 saturated heterocycles. The van der Waals surface area contributed by atoms with Crippen molar-refractivity contribution in [1.82, 2.24) is 4.57 Å². The van der Waals surface area contributed by atoms with E-state index in [1.807, 2.05) is 24.3 Å². The van der Waals surface area contributed by atoms with Crippen LogP contribution in [0.4, 0.5) is 0 Å². The maximum Gasteiger partial charge on any atom is 0.255 e. The third kappa shape index (κ3) is 2.76. The summed E-state index contributed by atoms with van der Waals surface area (Å²) >= 11 is 5.87. The van der Waals surface area contributed by atoms with Gasteiger partial charge < -0.3 is 9.30 Å². The van der Waals surface area contributed by atoms with Crippen molar-refractivity contribution in [3.05, 3.63) is 40.2 Å². The molecule has 3 nitrogen and oxygen atoms in total. The number of hydrogen-bond donors (Lipinski definition) is 0. The number of aromatic nitrogens is 1. The molecule has 0 spiro atoms. The minimum Gasteiger partial charge on any atom is -0.497 e. The van der Waals surface area contributed by atoms with Crippen molar-refractivity contribution in [2.24, 2.45) is 5.92 Å². The first-order valence-corrected chi connectivity index (χ1v) is 6.86. The second kappa shape index (κ2) is 5.66. The first-order chi connectivity index (χ1) is 9.06. The van der Waals surface area contributed by atoms with Crippen LogP contribution in [0.1, 0.15) is 19.4 Å². The van der Waals surface area contributed by atoms with E-state index in [1.165, 1.54) is 0 Å². The summed E-state index contributed by atoms with van der Waals surface area (Å²) in [5, 5.41) is 0.982. The summed E-state index contributed by atoms with van der Waals surface area (Å²) in [5.41, 5.74) is 1.55. The van der Waals surface area contributed by atoms with E-state index >= 15 is 0 Å². The predicted molar refractivity (Wildman–Crippen MR) is 79.2 cm³/mol. The summed E-state index contributed by atoms with van der Waals surface area (Å²) < 4.78 is 7.03. The zero-order valence-electron chi connectivity index (χ0n) is 11.4. The van der Waals surface area contributed by atoms with E-state index in [9.17, 15) is 4.79 Å². The van der Waals surface area contributed by atoms with Gasteiger partial charge in [0.25, 0.3) is 5.56 Å². The molecular weight excluding hydrogens is 262 g/mol. The first kappa shape index (κ1) is 13.9. The lowest BCUT2D eigenvalue weighted by Crippen LogP contribution is -2.25. The van der Waals surface area contributed by atoms with Crippen LogP contribution in [0.5, 0.6) is 5.75 Å². The van der Waals surface area contributed by atoms with Gasteiger partial charge in [-0.15, -0.1) is 11.6 Å². The molecule has 0 radical (unpaired) electrons. The highest BCUT2D eigenvalue weighted by molar-refractivity contribution is 6.17. The molecule has 4 heteroatoms. The highest BCUT2D eigenvalue weighted by Crippen LogP contribution is 2.21. The summed E-state index contributed by atoms with van der Waals surface area (Å²) in [6.07, 6.45) is 0. The van der Waals surface area contributed by atoms with Crippen molar-refractivity contribution in [3.8, 4) is 5.75 Å². The molecule has 1 aromatic heterocycles. The zero-order chi connectivity index (χ0) is 14.0. The third-order valence-corrected chi connectivity index (χ3v) is 3.35. The quantitative estimate of drug-likeness (QED) is 0.803. The van der Waals surface area contributed by atoms with Crippen molar-refractivity contribution < 1.29 is 4.74 Å². The molecule has 0 aliphatic rings. The molecule has 1 heterocycles. The topological polar surface area (TPSA) is 31.2 Å². The van der Waals surface area contributed by atoms with Crippen molar-refractivity contribution in [2.45, 2.75) is 26.3 Å². The van der Waals surface area contributed by atoms with E-state index in [4.69, 9.17) is 16.3 Å². The smallest absolute Gasteiger partial charge is 0.255 e. The molecule has 0 N–H and O–H groups in total. The van der Waals surface area contributed by atoms with Gasteiger partial charge in [-0.1, -0.05) is 13.8 Å². The molecule has 2 aromatic rings. The molecule has 2 rings (SSSR count). The second-order valence-corrected chi connectivity index (χ2v) is 5.30. The molecule has 0 amide bonds. The van der Waals surface area contributed by atoms with E-state index in [0.717, 1.165) is 16.7 Å². The number of halogens is 1. The molecule has 19 heavy (non-hydrogen) atoms. The van der Waals surface area contributed by atoms with Gasteiger partial charge in [0.15, 0.2) is 0 Å². The molecule has 0 aliphatic carbocycles. The minimum absolute atomic E-state index is 0.00127. The molecule has 1 aromatic carbocycles. The number of ether oxygens (including phenoxy) is 1. The molecule has 102 valence electrons. The molecule has 0 unspecified atom stereocenters. The number of rotatable bonds is 4. The Morgan fingerprint density at radius 3 is 2.63 bits per heavy atom. The van der Waals surface area contributed by atoms with Gasteiger partial charge in [0, 0.05) is 17.5 Å². The van der Waals surface area contributed by atoms with Crippen LogP contribution in [0.3, 0.4) is 0 Å². The van der Waals surface area contributed by atoms with Crippen LogP contribution in [0.25, 0.3) is 10.9 Å². The Kier molecular flexibility index (Phi) is 4.15. The van der Waals surface area contributed by atoms with Gasteiger partial charge >= 0.3 is 0 Å². The number of hydrogen-bond acceptors (Lipinski definition) is 2. The fourth-order valence-electron chi connectivity index (χ4n) is 2.20. The summed E-state index contributed by atoms with van der Waals surface area (Å²) in [5.74, 6) is 1.40. The lowest BCUT2D eigenvalue weighted by molar-refractivity contribution is 0.415. The Morgan fingerprint density at radius 1 is 1.32 bits per heavy atom.